The largest absolute Gasteiger partial charge is 0.324 e. The van der Waals surface area contributed by atoms with Crippen LogP contribution in [0.5, 0.6) is 0 Å². The summed E-state index contributed by atoms with van der Waals surface area (Å²) in [5.74, 6) is -0.0142. The summed E-state index contributed by atoms with van der Waals surface area (Å²) in [6.45, 7) is 1.60. The van der Waals surface area contributed by atoms with Crippen molar-refractivity contribution in [3.05, 3.63) is 54.3 Å². The predicted molar refractivity (Wildman–Crippen MR) is 98.5 cm³/mol. The molecule has 2 N–H and O–H groups in total. The van der Waals surface area contributed by atoms with Crippen molar-refractivity contribution in [3.8, 4) is 10.6 Å². The summed E-state index contributed by atoms with van der Waals surface area (Å²) < 4.78 is 1.80. The number of carbonyl (C=O) groups is 1. The Morgan fingerprint density at radius 2 is 2.00 bits per heavy atom. The summed E-state index contributed by atoms with van der Waals surface area (Å²) in [5, 5.41) is 13.7. The van der Waals surface area contributed by atoms with Gasteiger partial charge in [0.1, 0.15) is 10.5 Å². The van der Waals surface area contributed by atoms with Crippen molar-refractivity contribution >= 4 is 22.9 Å². The van der Waals surface area contributed by atoms with Gasteiger partial charge in [-0.25, -0.2) is 4.98 Å². The number of thiazole rings is 1. The fourth-order valence-corrected chi connectivity index (χ4v) is 3.88. The lowest BCUT2D eigenvalue weighted by molar-refractivity contribution is -0.126. The van der Waals surface area contributed by atoms with Crippen LogP contribution in [0.15, 0.2) is 54.3 Å². The van der Waals surface area contributed by atoms with Crippen molar-refractivity contribution in [3.63, 3.8) is 0 Å². The van der Waals surface area contributed by atoms with E-state index in [0.717, 1.165) is 42.2 Å². The zero-order valence-corrected chi connectivity index (χ0v) is 14.5. The quantitative estimate of drug-likeness (QED) is 0.756. The van der Waals surface area contributed by atoms with Crippen LogP contribution in [0.2, 0.25) is 0 Å². The zero-order chi connectivity index (χ0) is 17.1. The summed E-state index contributed by atoms with van der Waals surface area (Å²) in [4.78, 5) is 17.4. The standard InChI is InChI=1S/C18H19N5OS/c24-17(18(6-9-19-10-7-18)23-12-1-8-21-23)22-15-4-2-14(3-5-15)16-20-11-13-25-16/h1-5,8,11-13,19H,6-7,9-10H2,(H,22,24). The van der Waals surface area contributed by atoms with Crippen molar-refractivity contribution in [1.82, 2.24) is 20.1 Å². The molecule has 1 aromatic carbocycles. The van der Waals surface area contributed by atoms with E-state index in [9.17, 15) is 4.79 Å². The molecule has 2 aromatic heterocycles. The van der Waals surface area contributed by atoms with Crippen LogP contribution in [0.4, 0.5) is 5.69 Å². The van der Waals surface area contributed by atoms with Crippen LogP contribution in [0.25, 0.3) is 10.6 Å². The van der Waals surface area contributed by atoms with Crippen LogP contribution in [-0.2, 0) is 10.3 Å². The molecule has 0 radical (unpaired) electrons. The van der Waals surface area contributed by atoms with Crippen molar-refractivity contribution < 1.29 is 4.79 Å². The SMILES string of the molecule is O=C(Nc1ccc(-c2nccs2)cc1)C1(n2cccn2)CCNCC1. The molecule has 6 nitrogen and oxygen atoms in total. The highest BCUT2D eigenvalue weighted by atomic mass is 32.1. The number of aromatic nitrogens is 3. The molecule has 0 aliphatic carbocycles. The number of hydrogen-bond donors (Lipinski definition) is 2. The van der Waals surface area contributed by atoms with E-state index in [0.29, 0.717) is 0 Å². The van der Waals surface area contributed by atoms with Gasteiger partial charge in [0.2, 0.25) is 0 Å². The molecule has 3 heterocycles. The molecule has 1 aliphatic rings. The van der Waals surface area contributed by atoms with Gasteiger partial charge in [0.25, 0.3) is 5.91 Å². The number of nitrogens with zero attached hydrogens (tertiary/aromatic N) is 3. The second-order valence-electron chi connectivity index (χ2n) is 6.10. The lowest BCUT2D eigenvalue weighted by Gasteiger charge is -2.36. The van der Waals surface area contributed by atoms with Gasteiger partial charge in [-0.1, -0.05) is 0 Å². The molecule has 1 amide bonds. The van der Waals surface area contributed by atoms with Crippen molar-refractivity contribution in [2.45, 2.75) is 18.4 Å². The number of benzene rings is 1. The molecule has 4 rings (SSSR count). The van der Waals surface area contributed by atoms with Gasteiger partial charge in [0.05, 0.1) is 0 Å². The Balaban J connectivity index is 1.55. The highest BCUT2D eigenvalue weighted by Gasteiger charge is 2.42. The number of hydrogen-bond acceptors (Lipinski definition) is 5. The van der Waals surface area contributed by atoms with Gasteiger partial charge in [-0.15, -0.1) is 11.3 Å². The number of piperidine rings is 1. The third-order valence-electron chi connectivity index (χ3n) is 4.62. The number of rotatable bonds is 4. The molecule has 0 atom stereocenters. The van der Waals surface area contributed by atoms with Gasteiger partial charge in [-0.3, -0.25) is 9.48 Å². The zero-order valence-electron chi connectivity index (χ0n) is 13.7. The summed E-state index contributed by atoms with van der Waals surface area (Å²) in [6.07, 6.45) is 6.83. The van der Waals surface area contributed by atoms with Crippen LogP contribution >= 0.6 is 11.3 Å². The first kappa shape index (κ1) is 16.0. The second-order valence-corrected chi connectivity index (χ2v) is 7.00. The summed E-state index contributed by atoms with van der Waals surface area (Å²) in [6, 6.07) is 9.67. The lowest BCUT2D eigenvalue weighted by Crippen LogP contribution is -2.52. The number of nitrogens with one attached hydrogen (secondary N) is 2. The number of anilines is 1. The fourth-order valence-electron chi connectivity index (χ4n) is 3.23. The molecule has 25 heavy (non-hydrogen) atoms. The fraction of sp³-hybridized carbons (Fsp3) is 0.278. The average Bonchev–Trinajstić information content (AvgIpc) is 3.37. The first-order valence-electron chi connectivity index (χ1n) is 8.30. The van der Waals surface area contributed by atoms with Gasteiger partial charge in [-0.05, 0) is 56.3 Å². The minimum absolute atomic E-state index is 0.0142. The Morgan fingerprint density at radius 1 is 1.20 bits per heavy atom. The van der Waals surface area contributed by atoms with Gasteiger partial charge in [-0.2, -0.15) is 5.10 Å². The van der Waals surface area contributed by atoms with E-state index in [-0.39, 0.29) is 5.91 Å². The van der Waals surface area contributed by atoms with Crippen LogP contribution in [0.3, 0.4) is 0 Å². The smallest absolute Gasteiger partial charge is 0.252 e. The predicted octanol–water partition coefficient (Wildman–Crippen LogP) is 2.72. The normalized spacial score (nSPS) is 16.5. The van der Waals surface area contributed by atoms with Gasteiger partial charge in [0, 0.05) is 35.2 Å². The van der Waals surface area contributed by atoms with Gasteiger partial charge < -0.3 is 10.6 Å². The van der Waals surface area contributed by atoms with Crippen LogP contribution < -0.4 is 10.6 Å². The third kappa shape index (κ3) is 3.08. The Morgan fingerprint density at radius 3 is 2.64 bits per heavy atom. The monoisotopic (exact) mass is 353 g/mol. The Bertz CT molecular complexity index is 821. The molecule has 7 heteroatoms. The first-order chi connectivity index (χ1) is 12.3. The average molecular weight is 353 g/mol. The molecular weight excluding hydrogens is 334 g/mol. The second kappa shape index (κ2) is 6.78. The van der Waals surface area contributed by atoms with E-state index >= 15 is 0 Å². The maximum absolute atomic E-state index is 13.1. The summed E-state index contributed by atoms with van der Waals surface area (Å²) in [5.41, 5.74) is 1.20. The molecule has 1 saturated heterocycles. The van der Waals surface area contributed by atoms with E-state index in [1.807, 2.05) is 41.9 Å². The van der Waals surface area contributed by atoms with Gasteiger partial charge >= 0.3 is 0 Å². The minimum atomic E-state index is -0.636. The van der Waals surface area contributed by atoms with E-state index < -0.39 is 5.54 Å². The van der Waals surface area contributed by atoms with Crippen molar-refractivity contribution in [2.75, 3.05) is 18.4 Å². The molecule has 3 aromatic rings. The molecule has 128 valence electrons. The Labute approximate surface area is 149 Å². The van der Waals surface area contributed by atoms with Crippen molar-refractivity contribution in [1.29, 1.82) is 0 Å². The maximum Gasteiger partial charge on any atom is 0.252 e. The van der Waals surface area contributed by atoms with E-state index in [1.54, 1.807) is 28.4 Å². The van der Waals surface area contributed by atoms with Crippen LogP contribution in [0.1, 0.15) is 12.8 Å². The highest BCUT2D eigenvalue weighted by Crippen LogP contribution is 2.29. The van der Waals surface area contributed by atoms with E-state index in [1.165, 1.54) is 0 Å². The maximum atomic E-state index is 13.1. The Kier molecular flexibility index (Phi) is 4.33. The Hall–Kier alpha value is -2.51. The third-order valence-corrected chi connectivity index (χ3v) is 5.44. The minimum Gasteiger partial charge on any atom is -0.324 e. The van der Waals surface area contributed by atoms with E-state index in [2.05, 4.69) is 20.7 Å². The summed E-state index contributed by atoms with van der Waals surface area (Å²) in [7, 11) is 0. The number of amides is 1. The molecule has 1 aliphatic heterocycles. The molecule has 1 fully saturated rings. The topological polar surface area (TPSA) is 71.8 Å². The first-order valence-corrected chi connectivity index (χ1v) is 9.18. The molecule has 0 spiro atoms. The highest BCUT2D eigenvalue weighted by molar-refractivity contribution is 7.13. The molecule has 0 bridgehead atoms. The molecule has 0 unspecified atom stereocenters. The lowest BCUT2D eigenvalue weighted by atomic mass is 9.87. The number of carbonyl (C=O) groups excluding carboxylic acids is 1. The molecular formula is C18H19N5OS. The van der Waals surface area contributed by atoms with E-state index in [4.69, 9.17) is 0 Å². The van der Waals surface area contributed by atoms with Crippen molar-refractivity contribution in [2.24, 2.45) is 0 Å². The van der Waals surface area contributed by atoms with Gasteiger partial charge in [0.15, 0.2) is 0 Å². The van der Waals surface area contributed by atoms with Crippen LogP contribution in [-0.4, -0.2) is 33.8 Å². The summed E-state index contributed by atoms with van der Waals surface area (Å²) >= 11 is 1.60. The molecule has 0 saturated carbocycles. The van der Waals surface area contributed by atoms with Crippen LogP contribution in [0, 0.1) is 0 Å².